The van der Waals surface area contributed by atoms with Crippen LogP contribution in [0.25, 0.3) is 11.5 Å². The molecule has 1 aromatic heterocycles. The van der Waals surface area contributed by atoms with Crippen LogP contribution in [0.1, 0.15) is 25.3 Å². The number of aromatic nitrogens is 1. The number of hydrogen-bond donors (Lipinski definition) is 1. The first-order valence-electron chi connectivity index (χ1n) is 8.68. The number of rotatable bonds is 5. The van der Waals surface area contributed by atoms with Crippen molar-refractivity contribution in [3.05, 3.63) is 29.7 Å². The normalized spacial score (nSPS) is 21.3. The lowest BCUT2D eigenvalue weighted by atomic mass is 10.1. The van der Waals surface area contributed by atoms with Gasteiger partial charge in [-0.15, -0.1) is 0 Å². The Morgan fingerprint density at radius 1 is 1.24 bits per heavy atom. The summed E-state index contributed by atoms with van der Waals surface area (Å²) in [5, 5.41) is 3.51. The number of aryl methyl sites for hydroxylation is 1. The second-order valence-corrected chi connectivity index (χ2v) is 6.68. The topological polar surface area (TPSA) is 59.8 Å². The van der Waals surface area contributed by atoms with Gasteiger partial charge in [0.2, 0.25) is 5.89 Å². The van der Waals surface area contributed by atoms with Gasteiger partial charge in [0.25, 0.3) is 0 Å². The van der Waals surface area contributed by atoms with Gasteiger partial charge in [-0.1, -0.05) is 0 Å². The number of nitrogens with one attached hydrogen (secondary N) is 1. The third kappa shape index (κ3) is 3.80. The van der Waals surface area contributed by atoms with Gasteiger partial charge >= 0.3 is 0 Å². The van der Waals surface area contributed by atoms with Gasteiger partial charge in [-0.3, -0.25) is 4.90 Å². The van der Waals surface area contributed by atoms with Crippen LogP contribution in [0.2, 0.25) is 0 Å². The number of ether oxygens (including phenoxy) is 2. The summed E-state index contributed by atoms with van der Waals surface area (Å²) < 4.78 is 16.6. The smallest absolute Gasteiger partial charge is 0.226 e. The Morgan fingerprint density at radius 3 is 2.72 bits per heavy atom. The van der Waals surface area contributed by atoms with Crippen molar-refractivity contribution in [2.45, 2.75) is 39.4 Å². The molecule has 1 fully saturated rings. The van der Waals surface area contributed by atoms with E-state index in [9.17, 15) is 0 Å². The molecule has 6 heteroatoms. The van der Waals surface area contributed by atoms with E-state index in [-0.39, 0.29) is 0 Å². The molecule has 0 unspecified atom stereocenters. The molecule has 0 saturated carbocycles. The van der Waals surface area contributed by atoms with Crippen LogP contribution in [0.3, 0.4) is 0 Å². The zero-order valence-corrected chi connectivity index (χ0v) is 15.6. The molecule has 1 aromatic carbocycles. The van der Waals surface area contributed by atoms with E-state index in [4.69, 9.17) is 18.9 Å². The van der Waals surface area contributed by atoms with Crippen molar-refractivity contribution in [3.63, 3.8) is 0 Å². The number of nitrogens with zero attached hydrogens (tertiary/aromatic N) is 2. The van der Waals surface area contributed by atoms with E-state index in [1.165, 1.54) is 0 Å². The summed E-state index contributed by atoms with van der Waals surface area (Å²) in [7, 11) is 3.25. The highest BCUT2D eigenvalue weighted by atomic mass is 16.5. The van der Waals surface area contributed by atoms with Gasteiger partial charge in [0.1, 0.15) is 5.76 Å². The summed E-state index contributed by atoms with van der Waals surface area (Å²) in [5.41, 5.74) is 1.87. The van der Waals surface area contributed by atoms with Gasteiger partial charge in [-0.2, -0.15) is 0 Å². The molecule has 1 saturated heterocycles. The molecule has 1 aliphatic heterocycles. The van der Waals surface area contributed by atoms with E-state index in [1.54, 1.807) is 14.2 Å². The predicted molar refractivity (Wildman–Crippen MR) is 97.1 cm³/mol. The van der Waals surface area contributed by atoms with Crippen molar-refractivity contribution in [2.75, 3.05) is 27.3 Å². The Hall–Kier alpha value is -2.05. The van der Waals surface area contributed by atoms with Crippen LogP contribution in [0.15, 0.2) is 22.6 Å². The van der Waals surface area contributed by atoms with Crippen LogP contribution < -0.4 is 14.8 Å². The summed E-state index contributed by atoms with van der Waals surface area (Å²) in [6.45, 7) is 9.24. The van der Waals surface area contributed by atoms with Crippen molar-refractivity contribution in [3.8, 4) is 23.0 Å². The van der Waals surface area contributed by atoms with Gasteiger partial charge in [-0.05, 0) is 39.0 Å². The first-order chi connectivity index (χ1) is 12.0. The molecule has 136 valence electrons. The molecule has 3 rings (SSSR count). The lowest BCUT2D eigenvalue weighted by Gasteiger charge is -2.37. The molecule has 0 spiro atoms. The monoisotopic (exact) mass is 345 g/mol. The maximum Gasteiger partial charge on any atom is 0.226 e. The summed E-state index contributed by atoms with van der Waals surface area (Å²) >= 11 is 0. The largest absolute Gasteiger partial charge is 0.493 e. The van der Waals surface area contributed by atoms with Gasteiger partial charge < -0.3 is 19.2 Å². The van der Waals surface area contributed by atoms with Gasteiger partial charge in [0.05, 0.1) is 19.9 Å². The Labute approximate surface area is 149 Å². The first-order valence-corrected chi connectivity index (χ1v) is 8.68. The van der Waals surface area contributed by atoms with Crippen molar-refractivity contribution in [2.24, 2.45) is 0 Å². The number of oxazole rings is 1. The number of benzene rings is 1. The summed E-state index contributed by atoms with van der Waals surface area (Å²) in [6, 6.07) is 6.67. The maximum atomic E-state index is 5.93. The number of hydrogen-bond acceptors (Lipinski definition) is 6. The van der Waals surface area contributed by atoms with Crippen molar-refractivity contribution in [1.29, 1.82) is 0 Å². The first kappa shape index (κ1) is 17.8. The standard InChI is InChI=1S/C19H27N3O3/c1-12-10-22(13(2)9-20-12)11-16-14(3)25-19(21-16)15-6-7-17(23-4)18(8-15)24-5/h6-8,12-13,20H,9-11H2,1-5H3/t12-,13+/m1/s1. The average Bonchev–Trinajstić information content (AvgIpc) is 2.98. The fraction of sp³-hybridized carbons (Fsp3) is 0.526. The molecule has 1 N–H and O–H groups in total. The molecule has 1 aliphatic rings. The van der Waals surface area contributed by atoms with Crippen molar-refractivity contribution >= 4 is 0 Å². The highest BCUT2D eigenvalue weighted by molar-refractivity contribution is 5.60. The molecular formula is C19H27N3O3. The lowest BCUT2D eigenvalue weighted by Crippen LogP contribution is -2.53. The zero-order valence-electron chi connectivity index (χ0n) is 15.6. The lowest BCUT2D eigenvalue weighted by molar-refractivity contribution is 0.137. The SMILES string of the molecule is COc1ccc(-c2nc(CN3C[C@@H](C)NC[C@@H]3C)c(C)o2)cc1OC. The Morgan fingerprint density at radius 2 is 2.00 bits per heavy atom. The number of methoxy groups -OCH3 is 2. The summed E-state index contributed by atoms with van der Waals surface area (Å²) in [6.07, 6.45) is 0. The molecule has 2 aromatic rings. The van der Waals surface area contributed by atoms with Gasteiger partial charge in [0.15, 0.2) is 11.5 Å². The van der Waals surface area contributed by atoms with Gasteiger partial charge in [0, 0.05) is 37.3 Å². The van der Waals surface area contributed by atoms with Crippen molar-refractivity contribution in [1.82, 2.24) is 15.2 Å². The van der Waals surface area contributed by atoms with E-state index in [0.29, 0.717) is 29.5 Å². The second-order valence-electron chi connectivity index (χ2n) is 6.68. The van der Waals surface area contributed by atoms with Gasteiger partial charge in [-0.25, -0.2) is 4.98 Å². The zero-order chi connectivity index (χ0) is 18.0. The molecule has 0 radical (unpaired) electrons. The van der Waals surface area contributed by atoms with Crippen LogP contribution in [-0.4, -0.2) is 49.3 Å². The molecule has 0 aliphatic carbocycles. The minimum absolute atomic E-state index is 0.483. The van der Waals surface area contributed by atoms with Crippen LogP contribution in [0.5, 0.6) is 11.5 Å². The quantitative estimate of drug-likeness (QED) is 0.899. The molecule has 0 bridgehead atoms. The van der Waals surface area contributed by atoms with Crippen LogP contribution in [-0.2, 0) is 6.54 Å². The molecule has 0 amide bonds. The summed E-state index contributed by atoms with van der Waals surface area (Å²) in [4.78, 5) is 7.19. The Kier molecular flexibility index (Phi) is 5.30. The molecule has 2 atom stereocenters. The van der Waals surface area contributed by atoms with E-state index in [0.717, 1.165) is 36.7 Å². The predicted octanol–water partition coefficient (Wildman–Crippen LogP) is 2.85. The Balaban J connectivity index is 1.82. The highest BCUT2D eigenvalue weighted by Gasteiger charge is 2.24. The minimum atomic E-state index is 0.483. The van der Waals surface area contributed by atoms with E-state index < -0.39 is 0 Å². The Bertz CT molecular complexity index is 729. The molecule has 2 heterocycles. The van der Waals surface area contributed by atoms with Crippen molar-refractivity contribution < 1.29 is 13.9 Å². The fourth-order valence-electron chi connectivity index (χ4n) is 3.18. The minimum Gasteiger partial charge on any atom is -0.493 e. The third-order valence-electron chi connectivity index (χ3n) is 4.77. The van der Waals surface area contributed by atoms with Crippen LogP contribution >= 0.6 is 0 Å². The maximum absolute atomic E-state index is 5.93. The number of piperazine rings is 1. The second kappa shape index (κ2) is 7.45. The van der Waals surface area contributed by atoms with Crippen LogP contribution in [0.4, 0.5) is 0 Å². The average molecular weight is 345 g/mol. The van der Waals surface area contributed by atoms with E-state index in [2.05, 4.69) is 24.1 Å². The van der Waals surface area contributed by atoms with E-state index in [1.807, 2.05) is 25.1 Å². The molecule has 25 heavy (non-hydrogen) atoms. The molecule has 6 nitrogen and oxygen atoms in total. The van der Waals surface area contributed by atoms with E-state index >= 15 is 0 Å². The fourth-order valence-corrected chi connectivity index (χ4v) is 3.18. The highest BCUT2D eigenvalue weighted by Crippen LogP contribution is 2.32. The van der Waals surface area contributed by atoms with Crippen LogP contribution in [0, 0.1) is 6.92 Å². The third-order valence-corrected chi connectivity index (χ3v) is 4.77. The summed E-state index contributed by atoms with van der Waals surface area (Å²) in [5.74, 6) is 2.84. The molecular weight excluding hydrogens is 318 g/mol.